The fourth-order valence-corrected chi connectivity index (χ4v) is 2.94. The van der Waals surface area contributed by atoms with Gasteiger partial charge in [0.2, 0.25) is 0 Å². The Hall–Kier alpha value is -0.910. The molecule has 114 valence electrons. The van der Waals surface area contributed by atoms with Crippen LogP contribution in [0.5, 0.6) is 0 Å². The van der Waals surface area contributed by atoms with Gasteiger partial charge in [-0.25, -0.2) is 8.42 Å². The summed E-state index contributed by atoms with van der Waals surface area (Å²) in [4.78, 5) is 0.348. The van der Waals surface area contributed by atoms with Crippen molar-refractivity contribution in [1.82, 2.24) is 5.43 Å². The quantitative estimate of drug-likeness (QED) is 0.418. The summed E-state index contributed by atoms with van der Waals surface area (Å²) < 4.78 is 23.2. The molecule has 0 aliphatic carbocycles. The molecule has 0 aliphatic rings. The molecule has 0 saturated heterocycles. The number of nitrogens with two attached hydrogens (primary N) is 1. The largest absolute Gasteiger partial charge is 0.271 e. The van der Waals surface area contributed by atoms with E-state index in [1.54, 1.807) is 18.2 Å². The molecule has 20 heavy (non-hydrogen) atoms. The lowest BCUT2D eigenvalue weighted by Crippen LogP contribution is -2.28. The lowest BCUT2D eigenvalue weighted by atomic mass is 10.0. The van der Waals surface area contributed by atoms with Crippen LogP contribution in [0.1, 0.15) is 57.1 Å². The van der Waals surface area contributed by atoms with E-state index in [4.69, 9.17) is 5.84 Å². The molecule has 0 heterocycles. The summed E-state index contributed by atoms with van der Waals surface area (Å²) in [5.41, 5.74) is 3.73. The van der Waals surface area contributed by atoms with E-state index in [1.807, 2.05) is 6.07 Å². The van der Waals surface area contributed by atoms with Gasteiger partial charge in [0.1, 0.15) is 0 Å². The number of nitrogens with one attached hydrogen (secondary N) is 1. The molecule has 0 aromatic heterocycles. The number of sulfone groups is 1. The van der Waals surface area contributed by atoms with E-state index in [9.17, 15) is 8.42 Å². The SMILES string of the molecule is CCCCCCCC(NN)c1cccc(S(C)(=O)=O)c1. The van der Waals surface area contributed by atoms with Crippen LogP contribution in [0.2, 0.25) is 0 Å². The van der Waals surface area contributed by atoms with Gasteiger partial charge in [-0.3, -0.25) is 11.3 Å². The van der Waals surface area contributed by atoms with Crippen LogP contribution in [-0.4, -0.2) is 14.7 Å². The second-order valence-electron chi connectivity index (χ2n) is 5.27. The molecule has 0 aliphatic heterocycles. The average Bonchev–Trinajstić information content (AvgIpc) is 2.42. The van der Waals surface area contributed by atoms with E-state index in [-0.39, 0.29) is 6.04 Å². The summed E-state index contributed by atoms with van der Waals surface area (Å²) in [5.74, 6) is 5.61. The molecule has 0 amide bonds. The molecule has 5 heteroatoms. The Balaban J connectivity index is 2.65. The first-order chi connectivity index (χ1) is 9.49. The summed E-state index contributed by atoms with van der Waals surface area (Å²) in [7, 11) is -3.17. The van der Waals surface area contributed by atoms with Crippen LogP contribution in [0.25, 0.3) is 0 Å². The fourth-order valence-electron chi connectivity index (χ4n) is 2.26. The predicted octanol–water partition coefficient (Wildman–Crippen LogP) is 2.96. The first-order valence-electron chi connectivity index (χ1n) is 7.25. The van der Waals surface area contributed by atoms with E-state index >= 15 is 0 Å². The monoisotopic (exact) mass is 298 g/mol. The van der Waals surface area contributed by atoms with Crippen molar-refractivity contribution in [1.29, 1.82) is 0 Å². The van der Waals surface area contributed by atoms with Crippen molar-refractivity contribution in [2.45, 2.75) is 56.4 Å². The fraction of sp³-hybridized carbons (Fsp3) is 0.600. The van der Waals surface area contributed by atoms with Crippen molar-refractivity contribution >= 4 is 9.84 Å². The lowest BCUT2D eigenvalue weighted by molar-refractivity contribution is 0.478. The average molecular weight is 298 g/mol. The van der Waals surface area contributed by atoms with Gasteiger partial charge < -0.3 is 0 Å². The second kappa shape index (κ2) is 8.39. The molecular weight excluding hydrogens is 272 g/mol. The van der Waals surface area contributed by atoms with Gasteiger partial charge >= 0.3 is 0 Å². The number of rotatable bonds is 9. The molecule has 1 unspecified atom stereocenters. The van der Waals surface area contributed by atoms with Crippen molar-refractivity contribution in [3.05, 3.63) is 29.8 Å². The zero-order valence-electron chi connectivity index (χ0n) is 12.4. The van der Waals surface area contributed by atoms with Crippen molar-refractivity contribution in [3.8, 4) is 0 Å². The van der Waals surface area contributed by atoms with Gasteiger partial charge in [0.25, 0.3) is 0 Å². The Bertz CT molecular complexity index is 500. The highest BCUT2D eigenvalue weighted by molar-refractivity contribution is 7.90. The molecule has 0 bridgehead atoms. The van der Waals surface area contributed by atoms with Gasteiger partial charge in [-0.2, -0.15) is 0 Å². The van der Waals surface area contributed by atoms with Crippen LogP contribution >= 0.6 is 0 Å². The first kappa shape index (κ1) is 17.1. The summed E-state index contributed by atoms with van der Waals surface area (Å²) in [6.07, 6.45) is 8.18. The number of hydrogen-bond donors (Lipinski definition) is 2. The third-order valence-corrected chi connectivity index (χ3v) is 4.60. The van der Waals surface area contributed by atoms with Gasteiger partial charge in [0.05, 0.1) is 4.90 Å². The highest BCUT2D eigenvalue weighted by Crippen LogP contribution is 2.22. The van der Waals surface area contributed by atoms with E-state index in [0.717, 1.165) is 18.4 Å². The van der Waals surface area contributed by atoms with Crippen LogP contribution in [0.4, 0.5) is 0 Å². The van der Waals surface area contributed by atoms with Gasteiger partial charge in [-0.15, -0.1) is 0 Å². The summed E-state index contributed by atoms with van der Waals surface area (Å²) in [6.45, 7) is 2.20. The molecular formula is C15H26N2O2S. The van der Waals surface area contributed by atoms with E-state index in [1.165, 1.54) is 31.9 Å². The molecule has 1 aromatic carbocycles. The van der Waals surface area contributed by atoms with Gasteiger partial charge in [-0.1, -0.05) is 51.2 Å². The predicted molar refractivity (Wildman–Crippen MR) is 83.0 cm³/mol. The summed E-state index contributed by atoms with van der Waals surface area (Å²) in [6, 6.07) is 7.04. The van der Waals surface area contributed by atoms with E-state index < -0.39 is 9.84 Å². The second-order valence-corrected chi connectivity index (χ2v) is 7.28. The van der Waals surface area contributed by atoms with Crippen LogP contribution in [0.15, 0.2) is 29.2 Å². The smallest absolute Gasteiger partial charge is 0.175 e. The number of unbranched alkanes of at least 4 members (excludes halogenated alkanes) is 4. The van der Waals surface area contributed by atoms with Crippen LogP contribution in [0, 0.1) is 0 Å². The first-order valence-corrected chi connectivity index (χ1v) is 9.14. The molecule has 1 rings (SSSR count). The minimum Gasteiger partial charge on any atom is -0.271 e. The highest BCUT2D eigenvalue weighted by Gasteiger charge is 2.13. The molecule has 0 spiro atoms. The van der Waals surface area contributed by atoms with Crippen LogP contribution in [-0.2, 0) is 9.84 Å². The van der Waals surface area contributed by atoms with Gasteiger partial charge in [0.15, 0.2) is 9.84 Å². The van der Waals surface area contributed by atoms with Crippen molar-refractivity contribution in [2.75, 3.05) is 6.26 Å². The van der Waals surface area contributed by atoms with E-state index in [2.05, 4.69) is 12.3 Å². The Morgan fingerprint density at radius 3 is 2.50 bits per heavy atom. The third-order valence-electron chi connectivity index (χ3n) is 3.49. The maximum Gasteiger partial charge on any atom is 0.175 e. The summed E-state index contributed by atoms with van der Waals surface area (Å²) in [5, 5.41) is 0. The Labute approximate surface area is 122 Å². The molecule has 3 N–H and O–H groups in total. The lowest BCUT2D eigenvalue weighted by Gasteiger charge is -2.17. The number of hydrazine groups is 1. The van der Waals surface area contributed by atoms with Gasteiger partial charge in [0, 0.05) is 12.3 Å². The molecule has 1 atom stereocenters. The van der Waals surface area contributed by atoms with Crippen LogP contribution < -0.4 is 11.3 Å². The standard InChI is InChI=1S/C15H26N2O2S/c1-3-4-5-6-7-11-15(17-16)13-9-8-10-14(12-13)20(2,18)19/h8-10,12,15,17H,3-7,11,16H2,1-2H3. The molecule has 4 nitrogen and oxygen atoms in total. The maximum atomic E-state index is 11.6. The topological polar surface area (TPSA) is 72.2 Å². The number of benzene rings is 1. The Kier molecular flexibility index (Phi) is 7.19. The highest BCUT2D eigenvalue weighted by atomic mass is 32.2. The molecule has 0 radical (unpaired) electrons. The Morgan fingerprint density at radius 2 is 1.90 bits per heavy atom. The zero-order chi connectivity index (χ0) is 15.0. The molecule has 0 saturated carbocycles. The third kappa shape index (κ3) is 5.61. The molecule has 0 fully saturated rings. The minimum atomic E-state index is -3.17. The minimum absolute atomic E-state index is 0.0123. The van der Waals surface area contributed by atoms with E-state index in [0.29, 0.717) is 4.90 Å². The van der Waals surface area contributed by atoms with Gasteiger partial charge in [-0.05, 0) is 24.1 Å². The van der Waals surface area contributed by atoms with Crippen molar-refractivity contribution in [3.63, 3.8) is 0 Å². The zero-order valence-corrected chi connectivity index (χ0v) is 13.2. The normalized spacial score (nSPS) is 13.3. The van der Waals surface area contributed by atoms with Crippen LogP contribution in [0.3, 0.4) is 0 Å². The Morgan fingerprint density at radius 1 is 1.20 bits per heavy atom. The summed E-state index contributed by atoms with van der Waals surface area (Å²) >= 11 is 0. The molecule has 1 aromatic rings. The van der Waals surface area contributed by atoms with Crippen molar-refractivity contribution in [2.24, 2.45) is 5.84 Å². The maximum absolute atomic E-state index is 11.6. The van der Waals surface area contributed by atoms with Crippen molar-refractivity contribution < 1.29 is 8.42 Å². The number of hydrogen-bond acceptors (Lipinski definition) is 4.